The lowest BCUT2D eigenvalue weighted by atomic mass is 10.5. The SMILES string of the molecule is C=CC=CC=COCC(=O)OCCC. The zero-order valence-electron chi connectivity index (χ0n) is 8.44. The number of allylic oxidation sites excluding steroid dienone is 4. The van der Waals surface area contributed by atoms with Crippen molar-refractivity contribution in [1.82, 2.24) is 0 Å². The van der Waals surface area contributed by atoms with E-state index < -0.39 is 0 Å². The van der Waals surface area contributed by atoms with Crippen LogP contribution in [0.15, 0.2) is 37.1 Å². The second-order valence-corrected chi connectivity index (χ2v) is 2.48. The predicted molar refractivity (Wildman–Crippen MR) is 55.7 cm³/mol. The lowest BCUT2D eigenvalue weighted by Gasteiger charge is -2.01. The molecule has 0 fully saturated rings. The second kappa shape index (κ2) is 9.58. The fourth-order valence-electron chi connectivity index (χ4n) is 0.617. The number of carbonyl (C=O) groups excluding carboxylic acids is 1. The standard InChI is InChI=1S/C11H16O3/c1-3-5-6-7-9-13-10-11(12)14-8-4-2/h3,5-7,9H,1,4,8,10H2,2H3. The average Bonchev–Trinajstić information content (AvgIpc) is 2.20. The highest BCUT2D eigenvalue weighted by Crippen LogP contribution is 1.86. The van der Waals surface area contributed by atoms with Crippen LogP contribution in [0.3, 0.4) is 0 Å². The van der Waals surface area contributed by atoms with E-state index in [-0.39, 0.29) is 12.6 Å². The largest absolute Gasteiger partial charge is 0.490 e. The average molecular weight is 196 g/mol. The van der Waals surface area contributed by atoms with Gasteiger partial charge in [0.05, 0.1) is 12.9 Å². The van der Waals surface area contributed by atoms with Crippen molar-refractivity contribution in [1.29, 1.82) is 0 Å². The Morgan fingerprint density at radius 2 is 2.14 bits per heavy atom. The van der Waals surface area contributed by atoms with E-state index in [1.54, 1.807) is 24.3 Å². The maximum atomic E-state index is 10.9. The van der Waals surface area contributed by atoms with E-state index in [4.69, 9.17) is 9.47 Å². The molecule has 0 N–H and O–H groups in total. The fraction of sp³-hybridized carbons (Fsp3) is 0.364. The zero-order chi connectivity index (χ0) is 10.6. The second-order valence-electron chi connectivity index (χ2n) is 2.48. The topological polar surface area (TPSA) is 35.5 Å². The van der Waals surface area contributed by atoms with E-state index in [9.17, 15) is 4.79 Å². The van der Waals surface area contributed by atoms with Crippen LogP contribution in [0.2, 0.25) is 0 Å². The molecule has 0 saturated heterocycles. The number of rotatable bonds is 7. The molecular weight excluding hydrogens is 180 g/mol. The normalized spacial score (nSPS) is 10.6. The van der Waals surface area contributed by atoms with Crippen molar-refractivity contribution < 1.29 is 14.3 Å². The molecule has 0 aliphatic heterocycles. The molecule has 0 aliphatic rings. The molecule has 0 aromatic carbocycles. The van der Waals surface area contributed by atoms with Crippen LogP contribution in [0.1, 0.15) is 13.3 Å². The van der Waals surface area contributed by atoms with Crippen LogP contribution in [0, 0.1) is 0 Å². The highest BCUT2D eigenvalue weighted by Gasteiger charge is 1.99. The molecule has 0 radical (unpaired) electrons. The molecule has 0 heterocycles. The number of ether oxygens (including phenoxy) is 2. The molecule has 0 amide bonds. The molecular formula is C11H16O3. The number of esters is 1. The molecule has 0 atom stereocenters. The summed E-state index contributed by atoms with van der Waals surface area (Å²) in [7, 11) is 0. The minimum absolute atomic E-state index is 0.0432. The first-order chi connectivity index (χ1) is 6.81. The van der Waals surface area contributed by atoms with E-state index in [1.807, 2.05) is 6.92 Å². The Morgan fingerprint density at radius 3 is 2.79 bits per heavy atom. The van der Waals surface area contributed by atoms with Crippen molar-refractivity contribution in [3.05, 3.63) is 37.1 Å². The summed E-state index contributed by atoms with van der Waals surface area (Å²) >= 11 is 0. The number of hydrogen-bond acceptors (Lipinski definition) is 3. The third-order valence-corrected chi connectivity index (χ3v) is 1.20. The number of hydrogen-bond donors (Lipinski definition) is 0. The van der Waals surface area contributed by atoms with Gasteiger partial charge in [0.1, 0.15) is 0 Å². The van der Waals surface area contributed by atoms with Crippen LogP contribution in [0.4, 0.5) is 0 Å². The summed E-state index contributed by atoms with van der Waals surface area (Å²) in [6, 6.07) is 0. The van der Waals surface area contributed by atoms with Gasteiger partial charge in [0.2, 0.25) is 0 Å². The Bertz CT molecular complexity index is 217. The Kier molecular flexibility index (Phi) is 8.54. The zero-order valence-corrected chi connectivity index (χ0v) is 8.44. The van der Waals surface area contributed by atoms with E-state index in [0.29, 0.717) is 6.61 Å². The van der Waals surface area contributed by atoms with E-state index in [0.717, 1.165) is 6.42 Å². The van der Waals surface area contributed by atoms with Crippen molar-refractivity contribution >= 4 is 5.97 Å². The van der Waals surface area contributed by atoms with Gasteiger partial charge in [-0.1, -0.05) is 31.7 Å². The monoisotopic (exact) mass is 196 g/mol. The lowest BCUT2D eigenvalue weighted by Crippen LogP contribution is -2.10. The van der Waals surface area contributed by atoms with Gasteiger partial charge in [0, 0.05) is 0 Å². The molecule has 0 saturated carbocycles. The summed E-state index contributed by atoms with van der Waals surface area (Å²) in [6.07, 6.45) is 9.10. The molecule has 0 bridgehead atoms. The van der Waals surface area contributed by atoms with Crippen molar-refractivity contribution in [2.24, 2.45) is 0 Å². The Balaban J connectivity index is 3.43. The van der Waals surface area contributed by atoms with Crippen LogP contribution >= 0.6 is 0 Å². The summed E-state index contributed by atoms with van der Waals surface area (Å²) < 4.78 is 9.69. The Labute approximate surface area is 84.7 Å². The first-order valence-electron chi connectivity index (χ1n) is 4.52. The Hall–Kier alpha value is -1.51. The van der Waals surface area contributed by atoms with Crippen LogP contribution in [-0.2, 0) is 14.3 Å². The molecule has 0 aromatic rings. The van der Waals surface area contributed by atoms with Crippen LogP contribution < -0.4 is 0 Å². The van der Waals surface area contributed by atoms with Gasteiger partial charge in [-0.25, -0.2) is 4.79 Å². The van der Waals surface area contributed by atoms with Gasteiger partial charge in [-0.3, -0.25) is 0 Å². The highest BCUT2D eigenvalue weighted by atomic mass is 16.6. The van der Waals surface area contributed by atoms with Crippen LogP contribution in [0.5, 0.6) is 0 Å². The smallest absolute Gasteiger partial charge is 0.344 e. The first-order valence-corrected chi connectivity index (χ1v) is 4.52. The fourth-order valence-corrected chi connectivity index (χ4v) is 0.617. The van der Waals surface area contributed by atoms with Crippen molar-refractivity contribution in [3.63, 3.8) is 0 Å². The summed E-state index contributed by atoms with van der Waals surface area (Å²) in [5.41, 5.74) is 0. The molecule has 0 rings (SSSR count). The molecule has 78 valence electrons. The maximum Gasteiger partial charge on any atom is 0.344 e. The lowest BCUT2D eigenvalue weighted by molar-refractivity contribution is -0.147. The van der Waals surface area contributed by atoms with Crippen molar-refractivity contribution in [3.8, 4) is 0 Å². The van der Waals surface area contributed by atoms with Crippen molar-refractivity contribution in [2.45, 2.75) is 13.3 Å². The third kappa shape index (κ3) is 8.59. The number of carbonyl (C=O) groups is 1. The van der Waals surface area contributed by atoms with Gasteiger partial charge >= 0.3 is 5.97 Å². The third-order valence-electron chi connectivity index (χ3n) is 1.20. The van der Waals surface area contributed by atoms with E-state index in [1.165, 1.54) is 6.26 Å². The Morgan fingerprint density at radius 1 is 1.36 bits per heavy atom. The summed E-state index contributed by atoms with van der Waals surface area (Å²) in [5.74, 6) is -0.343. The molecule has 3 heteroatoms. The summed E-state index contributed by atoms with van der Waals surface area (Å²) in [4.78, 5) is 10.9. The summed E-state index contributed by atoms with van der Waals surface area (Å²) in [6.45, 7) is 5.85. The van der Waals surface area contributed by atoms with Gasteiger partial charge < -0.3 is 9.47 Å². The van der Waals surface area contributed by atoms with Gasteiger partial charge in [-0.2, -0.15) is 0 Å². The van der Waals surface area contributed by atoms with Crippen LogP contribution in [-0.4, -0.2) is 19.2 Å². The van der Waals surface area contributed by atoms with E-state index in [2.05, 4.69) is 6.58 Å². The molecule has 3 nitrogen and oxygen atoms in total. The van der Waals surface area contributed by atoms with Crippen molar-refractivity contribution in [2.75, 3.05) is 13.2 Å². The van der Waals surface area contributed by atoms with Gasteiger partial charge in [0.25, 0.3) is 0 Å². The van der Waals surface area contributed by atoms with Crippen LogP contribution in [0.25, 0.3) is 0 Å². The highest BCUT2D eigenvalue weighted by molar-refractivity contribution is 5.70. The van der Waals surface area contributed by atoms with Gasteiger partial charge in [-0.15, -0.1) is 0 Å². The van der Waals surface area contributed by atoms with Gasteiger partial charge in [0.15, 0.2) is 6.61 Å². The quantitative estimate of drug-likeness (QED) is 0.356. The predicted octanol–water partition coefficient (Wildman–Crippen LogP) is 2.21. The minimum atomic E-state index is -0.343. The van der Waals surface area contributed by atoms with E-state index >= 15 is 0 Å². The molecule has 14 heavy (non-hydrogen) atoms. The summed E-state index contributed by atoms with van der Waals surface area (Å²) in [5, 5.41) is 0. The molecule has 0 unspecified atom stereocenters. The van der Waals surface area contributed by atoms with Gasteiger partial charge in [-0.05, 0) is 12.5 Å². The molecule has 0 aromatic heterocycles. The maximum absolute atomic E-state index is 10.9. The first kappa shape index (κ1) is 12.5. The minimum Gasteiger partial charge on any atom is -0.490 e. The molecule has 0 spiro atoms. The molecule has 0 aliphatic carbocycles.